The molecule has 1 aliphatic carbocycles. The molecule has 2 rings (SSSR count). The van der Waals surface area contributed by atoms with Crippen LogP contribution < -0.4 is 5.32 Å². The Bertz CT molecular complexity index is 388. The Labute approximate surface area is 117 Å². The minimum Gasteiger partial charge on any atom is -0.384 e. The third-order valence-electron chi connectivity index (χ3n) is 4.81. The van der Waals surface area contributed by atoms with Gasteiger partial charge in [0.2, 0.25) is 0 Å². The molecule has 4 atom stereocenters. The summed E-state index contributed by atoms with van der Waals surface area (Å²) in [7, 11) is 0. The number of benzene rings is 1. The number of hydrogen-bond acceptors (Lipinski definition) is 2. The molecule has 1 aromatic carbocycles. The normalized spacial score (nSPS) is 30.8. The van der Waals surface area contributed by atoms with Crippen LogP contribution in [0.3, 0.4) is 0 Å². The van der Waals surface area contributed by atoms with Crippen LogP contribution in [-0.2, 0) is 5.60 Å². The highest BCUT2D eigenvalue weighted by atomic mass is 16.3. The molecule has 0 saturated heterocycles. The monoisotopic (exact) mass is 261 g/mol. The Morgan fingerprint density at radius 3 is 2.58 bits per heavy atom. The van der Waals surface area contributed by atoms with Crippen LogP contribution in [0.15, 0.2) is 30.3 Å². The first kappa shape index (κ1) is 14.5. The van der Waals surface area contributed by atoms with Crippen molar-refractivity contribution in [1.82, 2.24) is 5.32 Å². The number of nitrogens with one attached hydrogen (secondary N) is 1. The summed E-state index contributed by atoms with van der Waals surface area (Å²) in [5, 5.41) is 14.2. The maximum atomic E-state index is 10.6. The smallest absolute Gasteiger partial charge is 0.0992 e. The quantitative estimate of drug-likeness (QED) is 0.871. The molecule has 1 saturated carbocycles. The molecule has 0 spiro atoms. The van der Waals surface area contributed by atoms with E-state index in [1.165, 1.54) is 19.3 Å². The molecule has 106 valence electrons. The zero-order valence-corrected chi connectivity index (χ0v) is 12.4. The van der Waals surface area contributed by atoms with E-state index in [1.54, 1.807) is 0 Å². The second-order valence-electron chi connectivity index (χ2n) is 6.39. The first-order valence-corrected chi connectivity index (χ1v) is 7.52. The van der Waals surface area contributed by atoms with Crippen molar-refractivity contribution in [2.24, 2.45) is 11.8 Å². The lowest BCUT2D eigenvalue weighted by molar-refractivity contribution is 0.0468. The molecule has 0 radical (unpaired) electrons. The second-order valence-corrected chi connectivity index (χ2v) is 6.39. The fourth-order valence-electron chi connectivity index (χ4n) is 3.10. The van der Waals surface area contributed by atoms with Crippen molar-refractivity contribution in [3.05, 3.63) is 35.9 Å². The predicted octanol–water partition coefficient (Wildman–Crippen LogP) is 3.31. The molecule has 1 fully saturated rings. The van der Waals surface area contributed by atoms with Gasteiger partial charge >= 0.3 is 0 Å². The summed E-state index contributed by atoms with van der Waals surface area (Å²) in [6.45, 7) is 7.19. The maximum Gasteiger partial charge on any atom is 0.0992 e. The van der Waals surface area contributed by atoms with Crippen LogP contribution in [-0.4, -0.2) is 17.7 Å². The number of hydrogen-bond donors (Lipinski definition) is 2. The van der Waals surface area contributed by atoms with Gasteiger partial charge in [0.1, 0.15) is 0 Å². The van der Waals surface area contributed by atoms with Gasteiger partial charge in [-0.15, -0.1) is 0 Å². The summed E-state index contributed by atoms with van der Waals surface area (Å²) in [6, 6.07) is 10.5. The summed E-state index contributed by atoms with van der Waals surface area (Å²) >= 11 is 0. The SMILES string of the molecule is CC1CCCC(NCC(C)(O)c2ccccc2)C1C. The van der Waals surface area contributed by atoms with Gasteiger partial charge in [-0.2, -0.15) is 0 Å². The highest BCUT2D eigenvalue weighted by Crippen LogP contribution is 2.30. The Balaban J connectivity index is 1.94. The third kappa shape index (κ3) is 3.58. The van der Waals surface area contributed by atoms with Crippen LogP contribution in [0.1, 0.15) is 45.6 Å². The molecule has 2 heteroatoms. The van der Waals surface area contributed by atoms with Crippen LogP contribution >= 0.6 is 0 Å². The average molecular weight is 261 g/mol. The van der Waals surface area contributed by atoms with Gasteiger partial charge in [0.05, 0.1) is 5.60 Å². The molecular weight excluding hydrogens is 234 g/mol. The van der Waals surface area contributed by atoms with Gasteiger partial charge in [-0.05, 0) is 30.7 Å². The Morgan fingerprint density at radius 1 is 1.21 bits per heavy atom. The van der Waals surface area contributed by atoms with Crippen LogP contribution in [0.25, 0.3) is 0 Å². The van der Waals surface area contributed by atoms with E-state index < -0.39 is 5.60 Å². The van der Waals surface area contributed by atoms with E-state index in [9.17, 15) is 5.11 Å². The Morgan fingerprint density at radius 2 is 1.89 bits per heavy atom. The zero-order chi connectivity index (χ0) is 13.9. The predicted molar refractivity (Wildman–Crippen MR) is 80.0 cm³/mol. The lowest BCUT2D eigenvalue weighted by atomic mass is 9.78. The summed E-state index contributed by atoms with van der Waals surface area (Å²) in [5.41, 5.74) is 0.195. The molecule has 0 aliphatic heterocycles. The molecule has 1 aromatic rings. The minimum absolute atomic E-state index is 0.541. The van der Waals surface area contributed by atoms with Crippen LogP contribution in [0.5, 0.6) is 0 Å². The largest absolute Gasteiger partial charge is 0.384 e. The summed E-state index contributed by atoms with van der Waals surface area (Å²) in [5.74, 6) is 1.48. The highest BCUT2D eigenvalue weighted by Gasteiger charge is 2.29. The number of aliphatic hydroxyl groups is 1. The van der Waals surface area contributed by atoms with Gasteiger partial charge in [-0.3, -0.25) is 0 Å². The van der Waals surface area contributed by atoms with E-state index in [0.717, 1.165) is 11.5 Å². The van der Waals surface area contributed by atoms with Crippen LogP contribution in [0, 0.1) is 11.8 Å². The average Bonchev–Trinajstić information content (AvgIpc) is 2.41. The van der Waals surface area contributed by atoms with E-state index in [0.29, 0.717) is 18.5 Å². The van der Waals surface area contributed by atoms with Crippen molar-refractivity contribution in [2.45, 2.75) is 51.7 Å². The first-order valence-electron chi connectivity index (χ1n) is 7.52. The topological polar surface area (TPSA) is 32.3 Å². The summed E-state index contributed by atoms with van der Waals surface area (Å²) in [4.78, 5) is 0. The standard InChI is InChI=1S/C17H27NO/c1-13-8-7-11-16(14(13)2)18-12-17(3,19)15-9-5-4-6-10-15/h4-6,9-10,13-14,16,18-19H,7-8,11-12H2,1-3H3. The molecule has 0 bridgehead atoms. The lowest BCUT2D eigenvalue weighted by Crippen LogP contribution is -2.46. The summed E-state index contributed by atoms with van der Waals surface area (Å²) < 4.78 is 0. The van der Waals surface area contributed by atoms with E-state index in [2.05, 4.69) is 19.2 Å². The zero-order valence-electron chi connectivity index (χ0n) is 12.4. The van der Waals surface area contributed by atoms with Gasteiger partial charge in [-0.1, -0.05) is 57.0 Å². The molecule has 0 aromatic heterocycles. The van der Waals surface area contributed by atoms with Crippen molar-refractivity contribution in [3.63, 3.8) is 0 Å². The molecular formula is C17H27NO. The molecule has 0 heterocycles. The Kier molecular flexibility index (Phi) is 4.64. The molecule has 2 nitrogen and oxygen atoms in total. The van der Waals surface area contributed by atoms with E-state index in [4.69, 9.17) is 0 Å². The Hall–Kier alpha value is -0.860. The summed E-state index contributed by atoms with van der Waals surface area (Å²) in [6.07, 6.45) is 3.88. The van der Waals surface area contributed by atoms with Crippen molar-refractivity contribution in [3.8, 4) is 0 Å². The van der Waals surface area contributed by atoms with Gasteiger partial charge in [0.15, 0.2) is 0 Å². The molecule has 1 aliphatic rings. The highest BCUT2D eigenvalue weighted by molar-refractivity contribution is 5.21. The minimum atomic E-state index is -0.790. The van der Waals surface area contributed by atoms with Crippen molar-refractivity contribution in [1.29, 1.82) is 0 Å². The first-order chi connectivity index (χ1) is 9.00. The number of rotatable bonds is 4. The molecule has 2 N–H and O–H groups in total. The maximum absolute atomic E-state index is 10.6. The van der Waals surface area contributed by atoms with Gasteiger partial charge in [-0.25, -0.2) is 0 Å². The van der Waals surface area contributed by atoms with E-state index in [1.807, 2.05) is 37.3 Å². The van der Waals surface area contributed by atoms with Crippen molar-refractivity contribution >= 4 is 0 Å². The second kappa shape index (κ2) is 6.06. The lowest BCUT2D eigenvalue weighted by Gasteiger charge is -2.37. The van der Waals surface area contributed by atoms with Crippen molar-refractivity contribution < 1.29 is 5.11 Å². The molecule has 19 heavy (non-hydrogen) atoms. The van der Waals surface area contributed by atoms with Gasteiger partial charge in [0.25, 0.3) is 0 Å². The molecule has 4 unspecified atom stereocenters. The van der Waals surface area contributed by atoms with Crippen LogP contribution in [0.2, 0.25) is 0 Å². The van der Waals surface area contributed by atoms with E-state index >= 15 is 0 Å². The van der Waals surface area contributed by atoms with Gasteiger partial charge < -0.3 is 10.4 Å². The fourth-order valence-corrected chi connectivity index (χ4v) is 3.10. The third-order valence-corrected chi connectivity index (χ3v) is 4.81. The molecule has 0 amide bonds. The van der Waals surface area contributed by atoms with E-state index in [-0.39, 0.29) is 0 Å². The van der Waals surface area contributed by atoms with Crippen molar-refractivity contribution in [2.75, 3.05) is 6.54 Å². The fraction of sp³-hybridized carbons (Fsp3) is 0.647. The van der Waals surface area contributed by atoms with Gasteiger partial charge in [0, 0.05) is 12.6 Å². The van der Waals surface area contributed by atoms with Crippen LogP contribution in [0.4, 0.5) is 0 Å².